The van der Waals surface area contributed by atoms with E-state index in [2.05, 4.69) is 17.0 Å². The number of carbonyl (C=O) groups is 1. The number of hydrogen-bond donors (Lipinski definition) is 0. The van der Waals surface area contributed by atoms with Crippen LogP contribution >= 0.6 is 0 Å². The molecule has 0 spiro atoms. The normalized spacial score (nSPS) is 21.1. The summed E-state index contributed by atoms with van der Waals surface area (Å²) >= 11 is 0. The van der Waals surface area contributed by atoms with Gasteiger partial charge in [-0.25, -0.2) is 8.42 Å². The highest BCUT2D eigenvalue weighted by atomic mass is 32.2. The van der Waals surface area contributed by atoms with Crippen LogP contribution in [0.1, 0.15) is 31.2 Å². The molecule has 1 aromatic rings. The van der Waals surface area contributed by atoms with Gasteiger partial charge in [-0.1, -0.05) is 30.3 Å². The summed E-state index contributed by atoms with van der Waals surface area (Å²) in [6.07, 6.45) is 5.15. The molecule has 2 aliphatic heterocycles. The summed E-state index contributed by atoms with van der Waals surface area (Å²) in [5, 5.41) is 0. The molecule has 0 saturated carbocycles. The summed E-state index contributed by atoms with van der Waals surface area (Å²) in [7, 11) is -3.33. The molecule has 0 aromatic heterocycles. The number of rotatable bonds is 9. The maximum absolute atomic E-state index is 12.7. The van der Waals surface area contributed by atoms with Gasteiger partial charge in [0.15, 0.2) is 0 Å². The first kappa shape index (κ1) is 23.2. The van der Waals surface area contributed by atoms with Crippen LogP contribution < -0.4 is 0 Å². The van der Waals surface area contributed by atoms with Crippen LogP contribution in [0.15, 0.2) is 30.3 Å². The minimum atomic E-state index is -3.33. The number of morpholine rings is 1. The number of hydrogen-bond acceptors (Lipinski definition) is 5. The van der Waals surface area contributed by atoms with Crippen molar-refractivity contribution >= 4 is 15.9 Å². The molecule has 2 fully saturated rings. The zero-order chi connectivity index (χ0) is 21.4. The maximum atomic E-state index is 12.7. The Labute approximate surface area is 181 Å². The van der Waals surface area contributed by atoms with Gasteiger partial charge in [-0.05, 0) is 31.2 Å². The monoisotopic (exact) mass is 437 g/mol. The van der Waals surface area contributed by atoms with Crippen LogP contribution in [0.4, 0.5) is 0 Å². The second kappa shape index (κ2) is 11.2. The zero-order valence-corrected chi connectivity index (χ0v) is 18.9. The lowest BCUT2D eigenvalue weighted by Gasteiger charge is -2.39. The van der Waals surface area contributed by atoms with E-state index in [0.717, 1.165) is 45.3 Å². The van der Waals surface area contributed by atoms with Gasteiger partial charge in [0.25, 0.3) is 0 Å². The topological polar surface area (TPSA) is 70.2 Å². The highest BCUT2D eigenvalue weighted by Gasteiger charge is 2.32. The quantitative estimate of drug-likeness (QED) is 0.587. The first-order chi connectivity index (χ1) is 14.4. The van der Waals surface area contributed by atoms with Crippen LogP contribution in [0.5, 0.6) is 0 Å². The highest BCUT2D eigenvalue weighted by molar-refractivity contribution is 7.88. The summed E-state index contributed by atoms with van der Waals surface area (Å²) < 4.78 is 32.0. The largest absolute Gasteiger partial charge is 0.379 e. The van der Waals surface area contributed by atoms with E-state index >= 15 is 0 Å². The Morgan fingerprint density at radius 3 is 2.60 bits per heavy atom. The molecule has 0 bridgehead atoms. The Balaban J connectivity index is 1.51. The first-order valence-corrected chi connectivity index (χ1v) is 12.9. The summed E-state index contributed by atoms with van der Waals surface area (Å²) in [5.41, 5.74) is 1.24. The fourth-order valence-electron chi connectivity index (χ4n) is 4.35. The average molecular weight is 438 g/mol. The lowest BCUT2D eigenvalue weighted by atomic mass is 10.0. The number of ether oxygens (including phenoxy) is 1. The Morgan fingerprint density at radius 1 is 1.17 bits per heavy atom. The number of aryl methyl sites for hydroxylation is 1. The Kier molecular flexibility index (Phi) is 8.68. The van der Waals surface area contributed by atoms with Crippen LogP contribution in [0.25, 0.3) is 0 Å². The smallest absolute Gasteiger partial charge is 0.222 e. The summed E-state index contributed by atoms with van der Waals surface area (Å²) in [5.74, 6) is 0.136. The first-order valence-electron chi connectivity index (χ1n) is 11.0. The molecule has 2 aliphatic rings. The van der Waals surface area contributed by atoms with E-state index in [1.165, 1.54) is 11.8 Å². The van der Waals surface area contributed by atoms with Gasteiger partial charge < -0.3 is 9.64 Å². The fourth-order valence-corrected chi connectivity index (χ4v) is 5.47. The van der Waals surface area contributed by atoms with Gasteiger partial charge in [-0.3, -0.25) is 9.69 Å². The van der Waals surface area contributed by atoms with Crippen LogP contribution in [-0.2, 0) is 26.0 Å². The summed E-state index contributed by atoms with van der Waals surface area (Å²) in [4.78, 5) is 16.9. The van der Waals surface area contributed by atoms with E-state index in [4.69, 9.17) is 4.74 Å². The molecular formula is C22H35N3O4S. The molecule has 0 aliphatic carbocycles. The van der Waals surface area contributed by atoms with Crippen LogP contribution in [0, 0.1) is 0 Å². The third-order valence-electron chi connectivity index (χ3n) is 6.02. The Hall–Kier alpha value is -1.48. The van der Waals surface area contributed by atoms with E-state index in [-0.39, 0.29) is 11.9 Å². The molecule has 1 unspecified atom stereocenters. The van der Waals surface area contributed by atoms with Gasteiger partial charge in [0, 0.05) is 51.7 Å². The molecule has 8 heteroatoms. The van der Waals surface area contributed by atoms with Gasteiger partial charge in [0.2, 0.25) is 15.9 Å². The Bertz CT molecular complexity index is 766. The number of likely N-dealkylation sites (tertiary alicyclic amines) is 1. The van der Waals surface area contributed by atoms with Crippen LogP contribution in [0.2, 0.25) is 0 Å². The van der Waals surface area contributed by atoms with Crippen molar-refractivity contribution in [2.24, 2.45) is 0 Å². The van der Waals surface area contributed by atoms with Crippen LogP contribution in [-0.4, -0.2) is 93.2 Å². The highest BCUT2D eigenvalue weighted by Crippen LogP contribution is 2.20. The fraction of sp³-hybridized carbons (Fsp3) is 0.682. The molecule has 168 valence electrons. The standard InChI is InChI=1S/C22H35N3O4S/c1-30(27,28)25(14-13-23-15-17-29-18-16-23)21-10-6-12-24(19-21)22(26)11-5-9-20-7-3-2-4-8-20/h2-4,7-8,21H,5-6,9-19H2,1H3. The SMILES string of the molecule is CS(=O)(=O)N(CCN1CCOCC1)C1CCCN(C(=O)CCCc2ccccc2)C1. The van der Waals surface area contributed by atoms with Gasteiger partial charge >= 0.3 is 0 Å². The van der Waals surface area contributed by atoms with E-state index in [1.54, 1.807) is 4.31 Å². The molecule has 30 heavy (non-hydrogen) atoms. The molecule has 2 saturated heterocycles. The predicted octanol–water partition coefficient (Wildman–Crippen LogP) is 1.59. The second-order valence-corrected chi connectivity index (χ2v) is 10.2. The molecule has 3 rings (SSSR count). The van der Waals surface area contributed by atoms with E-state index in [1.807, 2.05) is 23.1 Å². The molecule has 2 heterocycles. The number of piperidine rings is 1. The number of nitrogens with zero attached hydrogens (tertiary/aromatic N) is 3. The van der Waals surface area contributed by atoms with Gasteiger partial charge in [-0.2, -0.15) is 4.31 Å². The number of amides is 1. The molecule has 0 radical (unpaired) electrons. The van der Waals surface area contributed by atoms with Gasteiger partial charge in [0.05, 0.1) is 19.5 Å². The molecular weight excluding hydrogens is 402 g/mol. The van der Waals surface area contributed by atoms with Crippen molar-refractivity contribution in [2.45, 2.75) is 38.1 Å². The Morgan fingerprint density at radius 2 is 1.90 bits per heavy atom. The van der Waals surface area contributed by atoms with Gasteiger partial charge in [-0.15, -0.1) is 0 Å². The molecule has 1 aromatic carbocycles. The van der Waals surface area contributed by atoms with Crippen molar-refractivity contribution in [2.75, 3.05) is 58.7 Å². The summed E-state index contributed by atoms with van der Waals surface area (Å²) in [6, 6.07) is 10.1. The second-order valence-electron chi connectivity index (χ2n) is 8.30. The van der Waals surface area contributed by atoms with Crippen molar-refractivity contribution in [3.63, 3.8) is 0 Å². The molecule has 1 atom stereocenters. The van der Waals surface area contributed by atoms with Gasteiger partial charge in [0.1, 0.15) is 0 Å². The van der Waals surface area contributed by atoms with Crippen molar-refractivity contribution in [1.29, 1.82) is 0 Å². The minimum Gasteiger partial charge on any atom is -0.379 e. The third kappa shape index (κ3) is 7.04. The van der Waals surface area contributed by atoms with Crippen molar-refractivity contribution in [3.05, 3.63) is 35.9 Å². The van der Waals surface area contributed by atoms with E-state index < -0.39 is 10.0 Å². The van der Waals surface area contributed by atoms with E-state index in [0.29, 0.717) is 39.3 Å². The third-order valence-corrected chi connectivity index (χ3v) is 7.35. The molecule has 0 N–H and O–H groups in total. The lowest BCUT2D eigenvalue weighted by Crippen LogP contribution is -2.53. The maximum Gasteiger partial charge on any atom is 0.222 e. The number of benzene rings is 1. The van der Waals surface area contributed by atoms with Crippen molar-refractivity contribution in [1.82, 2.24) is 14.1 Å². The lowest BCUT2D eigenvalue weighted by molar-refractivity contribution is -0.133. The van der Waals surface area contributed by atoms with Crippen molar-refractivity contribution in [3.8, 4) is 0 Å². The van der Waals surface area contributed by atoms with E-state index in [9.17, 15) is 13.2 Å². The number of carbonyl (C=O) groups excluding carboxylic acids is 1. The predicted molar refractivity (Wildman–Crippen MR) is 118 cm³/mol. The van der Waals surface area contributed by atoms with Crippen LogP contribution in [0.3, 0.4) is 0 Å². The van der Waals surface area contributed by atoms with Crippen molar-refractivity contribution < 1.29 is 17.9 Å². The zero-order valence-electron chi connectivity index (χ0n) is 18.0. The minimum absolute atomic E-state index is 0.132. The molecule has 7 nitrogen and oxygen atoms in total. The number of sulfonamides is 1. The molecule has 1 amide bonds. The summed E-state index contributed by atoms with van der Waals surface area (Å²) in [6.45, 7) is 5.49. The average Bonchev–Trinajstić information content (AvgIpc) is 2.74.